The van der Waals surface area contributed by atoms with Crippen LogP contribution in [0.3, 0.4) is 0 Å². The Kier molecular flexibility index (Phi) is 7.42. The van der Waals surface area contributed by atoms with Crippen molar-refractivity contribution in [1.82, 2.24) is 5.32 Å². The zero-order valence-electron chi connectivity index (χ0n) is 15.5. The topological polar surface area (TPSA) is 92.8 Å². The van der Waals surface area contributed by atoms with Crippen molar-refractivity contribution < 1.29 is 22.7 Å². The first-order chi connectivity index (χ1) is 13.2. The van der Waals surface area contributed by atoms with Crippen LogP contribution in [0.5, 0.6) is 5.75 Å². The Labute approximate surface area is 169 Å². The Morgan fingerprint density at radius 3 is 2.43 bits per heavy atom. The van der Waals surface area contributed by atoms with Gasteiger partial charge in [0.05, 0.1) is 18.5 Å². The van der Waals surface area contributed by atoms with E-state index in [0.29, 0.717) is 16.3 Å². The van der Waals surface area contributed by atoms with Crippen LogP contribution in [-0.2, 0) is 14.8 Å². The second kappa shape index (κ2) is 9.57. The number of hydrogen-bond acceptors (Lipinski definition) is 5. The molecule has 0 radical (unpaired) electrons. The van der Waals surface area contributed by atoms with Crippen LogP contribution in [0.15, 0.2) is 48.5 Å². The molecule has 2 rings (SSSR count). The minimum Gasteiger partial charge on any atom is -0.492 e. The molecule has 9 heteroatoms. The summed E-state index contributed by atoms with van der Waals surface area (Å²) in [6.07, 6.45) is 1.00. The molecule has 0 heterocycles. The summed E-state index contributed by atoms with van der Waals surface area (Å²) in [7, 11) is -3.72. The van der Waals surface area contributed by atoms with Crippen LogP contribution in [0.1, 0.15) is 17.3 Å². The molecule has 0 aliphatic rings. The summed E-state index contributed by atoms with van der Waals surface area (Å²) in [6, 6.07) is 12.9. The van der Waals surface area contributed by atoms with Crippen molar-refractivity contribution in [3.8, 4) is 5.75 Å². The molecule has 0 atom stereocenters. The molecule has 0 bridgehead atoms. The number of anilines is 1. The number of nitrogens with zero attached hydrogens (tertiary/aromatic N) is 1. The van der Waals surface area contributed by atoms with Crippen molar-refractivity contribution in [2.45, 2.75) is 6.92 Å². The number of amides is 1. The highest BCUT2D eigenvalue weighted by Crippen LogP contribution is 2.19. The fraction of sp³-hybridized carbons (Fsp3) is 0.263. The molecule has 150 valence electrons. The lowest BCUT2D eigenvalue weighted by atomic mass is 10.1. The highest BCUT2D eigenvalue weighted by atomic mass is 35.5. The molecule has 0 aliphatic heterocycles. The molecule has 28 heavy (non-hydrogen) atoms. The molecule has 0 fully saturated rings. The standard InChI is InChI=1S/C19H21ClN2O5S/c1-14(23)15-4-3-5-17(12-15)22(28(2,25)26)13-19(24)21-10-11-27-18-8-6-16(20)7-9-18/h3-9,12H,10-11,13H2,1-2H3,(H,21,24). The van der Waals surface area contributed by atoms with Gasteiger partial charge in [-0.2, -0.15) is 0 Å². The Morgan fingerprint density at radius 2 is 1.82 bits per heavy atom. The van der Waals surface area contributed by atoms with E-state index < -0.39 is 22.5 Å². The van der Waals surface area contributed by atoms with Gasteiger partial charge in [-0.3, -0.25) is 13.9 Å². The normalized spacial score (nSPS) is 11.0. The van der Waals surface area contributed by atoms with Gasteiger partial charge in [0.25, 0.3) is 0 Å². The highest BCUT2D eigenvalue weighted by molar-refractivity contribution is 7.92. The number of carbonyl (C=O) groups excluding carboxylic acids is 2. The van der Waals surface area contributed by atoms with Crippen molar-refractivity contribution in [3.05, 3.63) is 59.1 Å². The van der Waals surface area contributed by atoms with E-state index in [1.54, 1.807) is 36.4 Å². The third-order valence-electron chi connectivity index (χ3n) is 3.73. The summed E-state index contributed by atoms with van der Waals surface area (Å²) >= 11 is 5.79. The van der Waals surface area contributed by atoms with Crippen LogP contribution in [0, 0.1) is 0 Å². The zero-order valence-corrected chi connectivity index (χ0v) is 17.1. The van der Waals surface area contributed by atoms with Crippen molar-refractivity contribution in [2.75, 3.05) is 30.3 Å². The Balaban J connectivity index is 1.95. The molecule has 1 amide bonds. The van der Waals surface area contributed by atoms with Gasteiger partial charge in [0.1, 0.15) is 18.9 Å². The van der Waals surface area contributed by atoms with Gasteiger partial charge in [0.2, 0.25) is 15.9 Å². The van der Waals surface area contributed by atoms with Gasteiger partial charge in [0, 0.05) is 10.6 Å². The van der Waals surface area contributed by atoms with Gasteiger partial charge in [-0.1, -0.05) is 23.7 Å². The third-order valence-corrected chi connectivity index (χ3v) is 5.13. The average molecular weight is 425 g/mol. The monoisotopic (exact) mass is 424 g/mol. The molecule has 0 aliphatic carbocycles. The van der Waals surface area contributed by atoms with E-state index >= 15 is 0 Å². The second-order valence-electron chi connectivity index (χ2n) is 6.03. The largest absolute Gasteiger partial charge is 0.492 e. The third kappa shape index (κ3) is 6.54. The van der Waals surface area contributed by atoms with Gasteiger partial charge in [0.15, 0.2) is 5.78 Å². The molecule has 7 nitrogen and oxygen atoms in total. The predicted octanol–water partition coefficient (Wildman–Crippen LogP) is 2.50. The number of Topliss-reactive ketones (excluding diaryl/α,β-unsaturated/α-hetero) is 1. The SMILES string of the molecule is CC(=O)c1cccc(N(CC(=O)NCCOc2ccc(Cl)cc2)S(C)(=O)=O)c1. The van der Waals surface area contributed by atoms with E-state index in [1.807, 2.05) is 0 Å². The van der Waals surface area contributed by atoms with Crippen molar-refractivity contribution in [1.29, 1.82) is 0 Å². The molecule has 1 N–H and O–H groups in total. The maximum Gasteiger partial charge on any atom is 0.240 e. The van der Waals surface area contributed by atoms with Crippen LogP contribution < -0.4 is 14.4 Å². The fourth-order valence-corrected chi connectivity index (χ4v) is 3.33. The van der Waals surface area contributed by atoms with E-state index in [4.69, 9.17) is 16.3 Å². The summed E-state index contributed by atoms with van der Waals surface area (Å²) in [5.74, 6) is -0.0741. The number of benzene rings is 2. The number of hydrogen-bond donors (Lipinski definition) is 1. The van der Waals surface area contributed by atoms with Crippen LogP contribution in [0.2, 0.25) is 5.02 Å². The average Bonchev–Trinajstić information content (AvgIpc) is 2.64. The number of halogens is 1. The Bertz CT molecular complexity index is 945. The maximum atomic E-state index is 12.2. The molecule has 0 spiro atoms. The van der Waals surface area contributed by atoms with Crippen molar-refractivity contribution >= 4 is 39.0 Å². The van der Waals surface area contributed by atoms with Gasteiger partial charge < -0.3 is 10.1 Å². The lowest BCUT2D eigenvalue weighted by Gasteiger charge is -2.22. The molecular weight excluding hydrogens is 404 g/mol. The lowest BCUT2D eigenvalue weighted by Crippen LogP contribution is -2.41. The van der Waals surface area contributed by atoms with Crippen molar-refractivity contribution in [2.24, 2.45) is 0 Å². The smallest absolute Gasteiger partial charge is 0.240 e. The summed E-state index contributed by atoms with van der Waals surface area (Å²) in [5, 5.41) is 3.20. The van der Waals surface area contributed by atoms with Gasteiger partial charge in [-0.05, 0) is 43.3 Å². The summed E-state index contributed by atoms with van der Waals surface area (Å²) in [5.41, 5.74) is 0.616. The van der Waals surface area contributed by atoms with Crippen LogP contribution in [0.25, 0.3) is 0 Å². The van der Waals surface area contributed by atoms with Gasteiger partial charge in [-0.25, -0.2) is 8.42 Å². The number of nitrogens with one attached hydrogen (secondary N) is 1. The summed E-state index contributed by atoms with van der Waals surface area (Å²) < 4.78 is 30.7. The van der Waals surface area contributed by atoms with E-state index in [2.05, 4.69) is 5.32 Å². The molecule has 2 aromatic carbocycles. The minimum absolute atomic E-state index is 0.195. The molecular formula is C19H21ClN2O5S. The quantitative estimate of drug-likeness (QED) is 0.493. The van der Waals surface area contributed by atoms with Crippen LogP contribution >= 0.6 is 11.6 Å². The second-order valence-corrected chi connectivity index (χ2v) is 8.37. The van der Waals surface area contributed by atoms with Crippen LogP contribution in [0.4, 0.5) is 5.69 Å². The first-order valence-corrected chi connectivity index (χ1v) is 10.6. The fourth-order valence-electron chi connectivity index (χ4n) is 2.36. The van der Waals surface area contributed by atoms with E-state index in [0.717, 1.165) is 10.6 Å². The summed E-state index contributed by atoms with van der Waals surface area (Å²) in [4.78, 5) is 23.7. The van der Waals surface area contributed by atoms with E-state index in [1.165, 1.54) is 19.1 Å². The van der Waals surface area contributed by atoms with E-state index in [9.17, 15) is 18.0 Å². The number of rotatable bonds is 9. The number of ether oxygens (including phenoxy) is 1. The molecule has 0 saturated heterocycles. The Morgan fingerprint density at radius 1 is 1.14 bits per heavy atom. The number of carbonyl (C=O) groups is 2. The molecule has 0 saturated carbocycles. The number of ketones is 1. The van der Waals surface area contributed by atoms with Crippen LogP contribution in [-0.4, -0.2) is 46.1 Å². The highest BCUT2D eigenvalue weighted by Gasteiger charge is 2.21. The molecule has 0 aromatic heterocycles. The Hall–Kier alpha value is -2.58. The van der Waals surface area contributed by atoms with Gasteiger partial charge >= 0.3 is 0 Å². The first kappa shape index (κ1) is 21.7. The lowest BCUT2D eigenvalue weighted by molar-refractivity contribution is -0.119. The maximum absolute atomic E-state index is 12.2. The molecule has 2 aromatic rings. The molecule has 0 unspecified atom stereocenters. The predicted molar refractivity (Wildman–Crippen MR) is 109 cm³/mol. The first-order valence-electron chi connectivity index (χ1n) is 8.40. The summed E-state index contributed by atoms with van der Waals surface area (Å²) in [6.45, 7) is 1.40. The minimum atomic E-state index is -3.72. The zero-order chi connectivity index (χ0) is 20.7. The van der Waals surface area contributed by atoms with E-state index in [-0.39, 0.29) is 24.6 Å². The van der Waals surface area contributed by atoms with Crippen molar-refractivity contribution in [3.63, 3.8) is 0 Å². The van der Waals surface area contributed by atoms with Gasteiger partial charge in [-0.15, -0.1) is 0 Å². The number of sulfonamides is 1.